The van der Waals surface area contributed by atoms with Crippen molar-refractivity contribution in [3.8, 4) is 0 Å². The van der Waals surface area contributed by atoms with Gasteiger partial charge < -0.3 is 4.43 Å². The molecule has 0 aromatic rings. The van der Waals surface area contributed by atoms with E-state index in [1.54, 1.807) is 0 Å². The lowest BCUT2D eigenvalue weighted by Gasteiger charge is -2.18. The molecule has 0 radical (unpaired) electrons. The molecule has 15 heavy (non-hydrogen) atoms. The highest BCUT2D eigenvalue weighted by Crippen LogP contribution is 2.39. The Labute approximate surface area is 107 Å². The van der Waals surface area contributed by atoms with Crippen LogP contribution in [0.1, 0.15) is 6.42 Å². The Hall–Kier alpha value is 0.527. The van der Waals surface area contributed by atoms with Crippen LogP contribution in [0, 0.1) is 5.92 Å². The van der Waals surface area contributed by atoms with Crippen LogP contribution in [0.2, 0.25) is 19.6 Å². The minimum absolute atomic E-state index is 0.128. The smallest absolute Gasteiger partial charge is 0.183 e. The third kappa shape index (κ3) is 4.12. The molecule has 0 aromatic heterocycles. The van der Waals surface area contributed by atoms with E-state index in [9.17, 15) is 0 Å². The van der Waals surface area contributed by atoms with Gasteiger partial charge in [-0.05, 0) is 26.1 Å². The standard InChI is InChI=1S/C10H15Cl3OSi/c1-15(2,3)14-5-4-7-6-8(11)10(13)9(7)12/h6-7H,4-5H2,1-3H3. The van der Waals surface area contributed by atoms with Crippen molar-refractivity contribution in [2.24, 2.45) is 5.92 Å². The average molecular weight is 286 g/mol. The molecule has 0 bridgehead atoms. The van der Waals surface area contributed by atoms with Crippen LogP contribution in [0.4, 0.5) is 0 Å². The molecule has 1 unspecified atom stereocenters. The van der Waals surface area contributed by atoms with E-state index in [0.717, 1.165) is 6.42 Å². The molecule has 1 aliphatic carbocycles. The Morgan fingerprint density at radius 3 is 2.27 bits per heavy atom. The SMILES string of the molecule is C[Si](C)(C)OCCC1C=C(Cl)C(Cl)=C1Cl. The summed E-state index contributed by atoms with van der Waals surface area (Å²) >= 11 is 17.8. The van der Waals surface area contributed by atoms with Gasteiger partial charge in [-0.3, -0.25) is 0 Å². The lowest BCUT2D eigenvalue weighted by Crippen LogP contribution is -2.26. The molecule has 86 valence electrons. The average Bonchev–Trinajstić information content (AvgIpc) is 2.32. The summed E-state index contributed by atoms with van der Waals surface area (Å²) in [6.45, 7) is 7.19. The molecule has 1 atom stereocenters. The lowest BCUT2D eigenvalue weighted by atomic mass is 10.1. The van der Waals surface area contributed by atoms with Gasteiger partial charge in [-0.15, -0.1) is 0 Å². The quantitative estimate of drug-likeness (QED) is 0.682. The Kier molecular flexibility index (Phi) is 4.75. The van der Waals surface area contributed by atoms with Crippen LogP contribution in [0.3, 0.4) is 0 Å². The summed E-state index contributed by atoms with van der Waals surface area (Å²) in [6.07, 6.45) is 2.73. The molecule has 0 saturated heterocycles. The van der Waals surface area contributed by atoms with Crippen molar-refractivity contribution in [2.75, 3.05) is 6.61 Å². The number of hydrogen-bond donors (Lipinski definition) is 0. The fourth-order valence-electron chi connectivity index (χ4n) is 1.30. The zero-order valence-corrected chi connectivity index (χ0v) is 12.4. The number of halogens is 3. The Bertz CT molecular complexity index is 304. The van der Waals surface area contributed by atoms with E-state index in [4.69, 9.17) is 39.2 Å². The molecule has 5 heteroatoms. The maximum atomic E-state index is 6.04. The molecular weight excluding hydrogens is 271 g/mol. The zero-order valence-electron chi connectivity index (χ0n) is 9.11. The minimum Gasteiger partial charge on any atom is -0.418 e. The summed E-state index contributed by atoms with van der Waals surface area (Å²) in [6, 6.07) is 0. The summed E-state index contributed by atoms with van der Waals surface area (Å²) in [5.41, 5.74) is 0. The fraction of sp³-hybridized carbons (Fsp3) is 0.600. The van der Waals surface area contributed by atoms with Crippen molar-refractivity contribution in [1.29, 1.82) is 0 Å². The number of hydrogen-bond acceptors (Lipinski definition) is 1. The maximum absolute atomic E-state index is 6.04. The highest BCUT2D eigenvalue weighted by atomic mass is 35.5. The molecule has 0 N–H and O–H groups in total. The molecule has 0 spiro atoms. The van der Waals surface area contributed by atoms with E-state index in [0.29, 0.717) is 21.7 Å². The predicted molar refractivity (Wildman–Crippen MR) is 70.1 cm³/mol. The summed E-state index contributed by atoms with van der Waals surface area (Å²) < 4.78 is 5.75. The van der Waals surface area contributed by atoms with Crippen LogP contribution in [0.25, 0.3) is 0 Å². The van der Waals surface area contributed by atoms with Gasteiger partial charge in [0.2, 0.25) is 0 Å². The lowest BCUT2D eigenvalue weighted by molar-refractivity contribution is 0.295. The first kappa shape index (κ1) is 13.6. The van der Waals surface area contributed by atoms with E-state index < -0.39 is 8.32 Å². The monoisotopic (exact) mass is 284 g/mol. The van der Waals surface area contributed by atoms with Crippen LogP contribution in [-0.4, -0.2) is 14.9 Å². The van der Waals surface area contributed by atoms with Gasteiger partial charge in [0.05, 0.1) is 10.1 Å². The number of allylic oxidation sites excluding steroid dienone is 4. The van der Waals surface area contributed by atoms with E-state index in [1.165, 1.54) is 0 Å². The van der Waals surface area contributed by atoms with Gasteiger partial charge in [-0.1, -0.05) is 40.9 Å². The second-order valence-electron chi connectivity index (χ2n) is 4.53. The maximum Gasteiger partial charge on any atom is 0.183 e. The third-order valence-corrected chi connectivity index (χ3v) is 4.51. The zero-order chi connectivity index (χ0) is 11.6. The minimum atomic E-state index is -1.43. The highest BCUT2D eigenvalue weighted by molar-refractivity contribution is 6.69. The molecule has 0 aromatic carbocycles. The van der Waals surface area contributed by atoms with E-state index >= 15 is 0 Å². The van der Waals surface area contributed by atoms with Crippen molar-refractivity contribution in [3.05, 3.63) is 21.2 Å². The molecule has 1 nitrogen and oxygen atoms in total. The molecule has 0 heterocycles. The van der Waals surface area contributed by atoms with Crippen LogP contribution < -0.4 is 0 Å². The van der Waals surface area contributed by atoms with Crippen molar-refractivity contribution in [3.63, 3.8) is 0 Å². The second kappa shape index (κ2) is 5.24. The second-order valence-corrected chi connectivity index (χ2v) is 10.2. The van der Waals surface area contributed by atoms with Crippen molar-refractivity contribution in [1.82, 2.24) is 0 Å². The number of rotatable bonds is 4. The molecule has 0 fully saturated rings. The highest BCUT2D eigenvalue weighted by Gasteiger charge is 2.23. The van der Waals surface area contributed by atoms with Crippen molar-refractivity contribution >= 4 is 43.1 Å². The van der Waals surface area contributed by atoms with Gasteiger partial charge in [0, 0.05) is 17.6 Å². The van der Waals surface area contributed by atoms with Gasteiger partial charge >= 0.3 is 0 Å². The van der Waals surface area contributed by atoms with E-state index in [-0.39, 0.29) is 5.92 Å². The molecule has 1 aliphatic rings. The molecule has 1 rings (SSSR count). The van der Waals surface area contributed by atoms with Crippen LogP contribution in [0.15, 0.2) is 21.2 Å². The fourth-order valence-corrected chi connectivity index (χ4v) is 2.81. The Balaban J connectivity index is 2.43. The third-order valence-electron chi connectivity index (χ3n) is 2.06. The topological polar surface area (TPSA) is 9.23 Å². The normalized spacial score (nSPS) is 22.3. The van der Waals surface area contributed by atoms with Crippen molar-refractivity contribution < 1.29 is 4.43 Å². The van der Waals surface area contributed by atoms with Crippen LogP contribution >= 0.6 is 34.8 Å². The van der Waals surface area contributed by atoms with Gasteiger partial charge in [0.1, 0.15) is 0 Å². The summed E-state index contributed by atoms with van der Waals surface area (Å²) in [5.74, 6) is 0.128. The van der Waals surface area contributed by atoms with E-state index in [2.05, 4.69) is 19.6 Å². The predicted octanol–water partition coefficient (Wildman–Crippen LogP) is 4.67. The summed E-state index contributed by atoms with van der Waals surface area (Å²) in [5, 5.41) is 1.68. The molecule has 0 saturated carbocycles. The molecule has 0 aliphatic heterocycles. The van der Waals surface area contributed by atoms with Gasteiger partial charge in [-0.2, -0.15) is 0 Å². The Morgan fingerprint density at radius 2 is 1.87 bits per heavy atom. The van der Waals surface area contributed by atoms with Crippen molar-refractivity contribution in [2.45, 2.75) is 26.1 Å². The summed E-state index contributed by atoms with van der Waals surface area (Å²) in [7, 11) is -1.43. The van der Waals surface area contributed by atoms with Gasteiger partial charge in [-0.25, -0.2) is 0 Å². The van der Waals surface area contributed by atoms with Gasteiger partial charge in [0.25, 0.3) is 0 Å². The first-order valence-corrected chi connectivity index (χ1v) is 9.42. The molecule has 0 amide bonds. The van der Waals surface area contributed by atoms with E-state index in [1.807, 2.05) is 6.08 Å². The molecular formula is C10H15Cl3OSi. The largest absolute Gasteiger partial charge is 0.418 e. The first-order valence-electron chi connectivity index (χ1n) is 4.88. The van der Waals surface area contributed by atoms with Crippen LogP contribution in [0.5, 0.6) is 0 Å². The Morgan fingerprint density at radius 1 is 1.27 bits per heavy atom. The summed E-state index contributed by atoms with van der Waals surface area (Å²) in [4.78, 5) is 0. The van der Waals surface area contributed by atoms with Gasteiger partial charge in [0.15, 0.2) is 8.32 Å². The first-order chi connectivity index (χ1) is 6.81. The van der Waals surface area contributed by atoms with Crippen LogP contribution in [-0.2, 0) is 4.43 Å².